The molecular formula is C17H15F3N4O6. The van der Waals surface area contributed by atoms with Gasteiger partial charge in [0.25, 0.3) is 5.91 Å². The van der Waals surface area contributed by atoms with Crippen LogP contribution in [0, 0.1) is 0 Å². The van der Waals surface area contributed by atoms with Crippen molar-refractivity contribution in [2.75, 3.05) is 18.1 Å². The second kappa shape index (κ2) is 8.10. The molecule has 0 bridgehead atoms. The van der Waals surface area contributed by atoms with E-state index in [0.717, 1.165) is 28.8 Å². The van der Waals surface area contributed by atoms with Crippen LogP contribution in [0.25, 0.3) is 5.69 Å². The molecule has 30 heavy (non-hydrogen) atoms. The minimum atomic E-state index is -4.64. The summed E-state index contributed by atoms with van der Waals surface area (Å²) in [4.78, 5) is 39.6. The average molecular weight is 428 g/mol. The third-order valence-electron chi connectivity index (χ3n) is 4.08. The zero-order chi connectivity index (χ0) is 22.1. The molecule has 0 radical (unpaired) electrons. The van der Waals surface area contributed by atoms with Crippen molar-refractivity contribution in [3.05, 3.63) is 36.3 Å². The van der Waals surface area contributed by atoms with Crippen LogP contribution in [0.3, 0.4) is 0 Å². The van der Waals surface area contributed by atoms with Gasteiger partial charge in [0, 0.05) is 25.4 Å². The molecule has 10 nitrogen and oxygen atoms in total. The fraction of sp³-hybridized carbons (Fsp3) is 0.353. The van der Waals surface area contributed by atoms with Crippen LogP contribution >= 0.6 is 0 Å². The number of pyridine rings is 1. The number of aromatic nitrogens is 3. The first-order valence-electron chi connectivity index (χ1n) is 8.50. The van der Waals surface area contributed by atoms with Crippen LogP contribution in [-0.4, -0.2) is 63.1 Å². The van der Waals surface area contributed by atoms with Crippen LogP contribution in [0.1, 0.15) is 12.6 Å². The third-order valence-corrected chi connectivity index (χ3v) is 4.08. The number of esters is 1. The van der Waals surface area contributed by atoms with Gasteiger partial charge in [0.2, 0.25) is 6.10 Å². The number of hydrogen-bond acceptors (Lipinski definition) is 7. The Bertz CT molecular complexity index is 976. The fourth-order valence-electron chi connectivity index (χ4n) is 2.79. The van der Waals surface area contributed by atoms with Crippen molar-refractivity contribution in [1.29, 1.82) is 0 Å². The predicted molar refractivity (Wildman–Crippen MR) is 91.6 cm³/mol. The number of amides is 1. The first-order chi connectivity index (χ1) is 14.1. The van der Waals surface area contributed by atoms with Crippen molar-refractivity contribution in [3.8, 4) is 5.69 Å². The lowest BCUT2D eigenvalue weighted by molar-refractivity contribution is -0.177. The molecule has 0 saturated carbocycles. The highest BCUT2D eigenvalue weighted by Crippen LogP contribution is 2.29. The van der Waals surface area contributed by atoms with Gasteiger partial charge in [0.15, 0.2) is 11.9 Å². The van der Waals surface area contributed by atoms with Crippen molar-refractivity contribution in [3.63, 3.8) is 0 Å². The second-order valence-electron chi connectivity index (χ2n) is 6.17. The Morgan fingerprint density at radius 1 is 1.37 bits per heavy atom. The highest BCUT2D eigenvalue weighted by molar-refractivity contribution is 5.99. The molecule has 1 fully saturated rings. The minimum absolute atomic E-state index is 0.0168. The van der Waals surface area contributed by atoms with Crippen molar-refractivity contribution in [1.82, 2.24) is 14.8 Å². The molecule has 1 amide bonds. The highest BCUT2D eigenvalue weighted by atomic mass is 19.4. The van der Waals surface area contributed by atoms with Crippen LogP contribution in [-0.2, 0) is 30.0 Å². The first-order valence-corrected chi connectivity index (χ1v) is 8.50. The molecule has 0 aromatic carbocycles. The quantitative estimate of drug-likeness (QED) is 0.701. The molecule has 2 atom stereocenters. The summed E-state index contributed by atoms with van der Waals surface area (Å²) < 4.78 is 49.6. The highest BCUT2D eigenvalue weighted by Gasteiger charge is 2.43. The first kappa shape index (κ1) is 21.2. The number of carboxylic acid groups (broad SMARTS) is 1. The van der Waals surface area contributed by atoms with E-state index in [1.807, 2.05) is 0 Å². The maximum atomic E-state index is 12.9. The molecule has 1 aliphatic rings. The lowest BCUT2D eigenvalue weighted by Gasteiger charge is -2.33. The lowest BCUT2D eigenvalue weighted by Crippen LogP contribution is -2.55. The number of aliphatic carboxylic acids is 1. The third kappa shape index (κ3) is 4.40. The largest absolute Gasteiger partial charge is 0.478 e. The smallest absolute Gasteiger partial charge is 0.433 e. The molecule has 1 aliphatic heterocycles. The number of hydrogen-bond donors (Lipinski definition) is 1. The number of carboxylic acids is 1. The predicted octanol–water partition coefficient (Wildman–Crippen LogP) is 1.03. The van der Waals surface area contributed by atoms with Crippen molar-refractivity contribution in [2.24, 2.45) is 0 Å². The number of alkyl halides is 3. The van der Waals surface area contributed by atoms with Gasteiger partial charge in [-0.05, 0) is 12.1 Å². The lowest BCUT2D eigenvalue weighted by atomic mass is 10.1. The van der Waals surface area contributed by atoms with E-state index < -0.39 is 41.9 Å². The van der Waals surface area contributed by atoms with Crippen molar-refractivity contribution < 1.29 is 42.1 Å². The minimum Gasteiger partial charge on any atom is -0.478 e. The number of morpholine rings is 1. The molecule has 160 valence electrons. The number of rotatable bonds is 5. The zero-order valence-electron chi connectivity index (χ0n) is 15.4. The SMILES string of the molecule is CC(=O)OC(C(=O)O)[C@H]1OCCN(c2ccn(-c3ccnc(C(F)(F)F)c3)n2)C1=O. The standard InChI is InChI=1S/C17H15F3N4O6/c1-9(25)30-14(16(27)28)13-15(26)23(6-7-29-13)12-3-5-24(22-12)10-2-4-21-11(8-10)17(18,19)20/h2-5,8,13-14H,6-7H2,1H3,(H,27,28)/t13-,14?/m1/s1. The molecule has 2 aromatic rings. The Balaban J connectivity index is 1.85. The fourth-order valence-corrected chi connectivity index (χ4v) is 2.79. The Morgan fingerprint density at radius 2 is 2.10 bits per heavy atom. The van der Waals surface area contributed by atoms with E-state index in [9.17, 15) is 32.7 Å². The molecule has 0 spiro atoms. The van der Waals surface area contributed by atoms with Crippen LogP contribution < -0.4 is 4.90 Å². The van der Waals surface area contributed by atoms with Gasteiger partial charge in [-0.1, -0.05) is 0 Å². The molecule has 1 saturated heterocycles. The van der Waals surface area contributed by atoms with Crippen LogP contribution in [0.2, 0.25) is 0 Å². The maximum Gasteiger partial charge on any atom is 0.433 e. The summed E-state index contributed by atoms with van der Waals surface area (Å²) in [6, 6.07) is 3.47. The number of anilines is 1. The van der Waals surface area contributed by atoms with Crippen molar-refractivity contribution in [2.45, 2.75) is 25.3 Å². The normalized spacial score (nSPS) is 18.2. The second-order valence-corrected chi connectivity index (χ2v) is 6.17. The molecule has 0 aliphatic carbocycles. The summed E-state index contributed by atoms with van der Waals surface area (Å²) in [7, 11) is 0. The molecule has 13 heteroatoms. The summed E-state index contributed by atoms with van der Waals surface area (Å²) in [6.07, 6.45) is -5.77. The number of carbonyl (C=O) groups is 3. The van der Waals surface area contributed by atoms with E-state index in [1.165, 1.54) is 18.3 Å². The van der Waals surface area contributed by atoms with Gasteiger partial charge in [0.05, 0.1) is 18.8 Å². The van der Waals surface area contributed by atoms with Gasteiger partial charge in [-0.25, -0.2) is 9.48 Å². The van der Waals surface area contributed by atoms with E-state index >= 15 is 0 Å². The van der Waals surface area contributed by atoms with Gasteiger partial charge in [-0.2, -0.15) is 13.2 Å². The van der Waals surface area contributed by atoms with Gasteiger partial charge in [-0.3, -0.25) is 19.5 Å². The summed E-state index contributed by atoms with van der Waals surface area (Å²) >= 11 is 0. The Labute approximate surface area is 166 Å². The Hall–Kier alpha value is -3.48. The molecule has 2 aromatic heterocycles. The van der Waals surface area contributed by atoms with E-state index in [2.05, 4.69) is 14.8 Å². The van der Waals surface area contributed by atoms with E-state index in [-0.39, 0.29) is 24.7 Å². The molecule has 3 heterocycles. The van der Waals surface area contributed by atoms with E-state index in [1.54, 1.807) is 0 Å². The van der Waals surface area contributed by atoms with Gasteiger partial charge >= 0.3 is 18.1 Å². The number of halogens is 3. The zero-order valence-corrected chi connectivity index (χ0v) is 15.4. The maximum absolute atomic E-state index is 12.9. The summed E-state index contributed by atoms with van der Waals surface area (Å²) in [5, 5.41) is 13.3. The number of ether oxygens (including phenoxy) is 2. The summed E-state index contributed by atoms with van der Waals surface area (Å²) in [6.45, 7) is 0.942. The topological polar surface area (TPSA) is 124 Å². The van der Waals surface area contributed by atoms with E-state index in [0.29, 0.717) is 0 Å². The number of nitrogens with zero attached hydrogens (tertiary/aromatic N) is 4. The van der Waals surface area contributed by atoms with Gasteiger partial charge < -0.3 is 14.6 Å². The Morgan fingerprint density at radius 3 is 2.73 bits per heavy atom. The van der Waals surface area contributed by atoms with Gasteiger partial charge in [0.1, 0.15) is 5.69 Å². The summed E-state index contributed by atoms with van der Waals surface area (Å²) in [5.74, 6) is -3.22. The Kier molecular flexibility index (Phi) is 5.73. The molecular weight excluding hydrogens is 413 g/mol. The molecule has 3 rings (SSSR count). The van der Waals surface area contributed by atoms with E-state index in [4.69, 9.17) is 4.74 Å². The van der Waals surface area contributed by atoms with Crippen molar-refractivity contribution >= 4 is 23.7 Å². The van der Waals surface area contributed by atoms with Gasteiger partial charge in [-0.15, -0.1) is 5.10 Å². The summed E-state index contributed by atoms with van der Waals surface area (Å²) in [5.41, 5.74) is -1.05. The average Bonchev–Trinajstić information content (AvgIpc) is 3.15. The number of carbonyl (C=O) groups excluding carboxylic acids is 2. The molecule has 1 N–H and O–H groups in total. The monoisotopic (exact) mass is 428 g/mol. The molecule has 1 unspecified atom stereocenters. The van der Waals surface area contributed by atoms with Crippen LogP contribution in [0.15, 0.2) is 30.6 Å². The van der Waals surface area contributed by atoms with Crippen LogP contribution in [0.4, 0.5) is 19.0 Å². The van der Waals surface area contributed by atoms with Crippen LogP contribution in [0.5, 0.6) is 0 Å².